The summed E-state index contributed by atoms with van der Waals surface area (Å²) in [5, 5.41) is 16.5. The van der Waals surface area contributed by atoms with E-state index in [0.29, 0.717) is 25.8 Å². The topological polar surface area (TPSA) is 120 Å². The van der Waals surface area contributed by atoms with E-state index in [1.165, 1.54) is 12.1 Å². The molecule has 0 fully saturated rings. The molecule has 4 rings (SSSR count). The summed E-state index contributed by atoms with van der Waals surface area (Å²) in [6.45, 7) is -0.0866. The molecule has 0 atom stereocenters. The summed E-state index contributed by atoms with van der Waals surface area (Å²) < 4.78 is 6.33. The number of ether oxygens (including phenoxy) is 1. The molecule has 0 aliphatic rings. The van der Waals surface area contributed by atoms with Gasteiger partial charge in [0.25, 0.3) is 5.56 Å². The lowest BCUT2D eigenvalue weighted by molar-refractivity contribution is -0.385. The predicted molar refractivity (Wildman–Crippen MR) is 131 cm³/mol. The Morgan fingerprint density at radius 2 is 1.82 bits per heavy atom. The summed E-state index contributed by atoms with van der Waals surface area (Å²) in [7, 11) is 0. The second-order valence-electron chi connectivity index (χ2n) is 6.97. The van der Waals surface area contributed by atoms with Crippen molar-refractivity contribution < 1.29 is 9.66 Å². The molecule has 0 spiro atoms. The number of nitro benzene ring substituents is 1. The molecular formula is C22H13Cl3N4O5. The number of hydrogen-bond acceptors (Lipinski definition) is 6. The third-order valence-corrected chi connectivity index (χ3v) is 5.68. The Kier molecular flexibility index (Phi) is 6.69. The molecule has 3 aromatic carbocycles. The maximum atomic E-state index is 12.7. The van der Waals surface area contributed by atoms with Crippen molar-refractivity contribution in [2.24, 2.45) is 5.10 Å². The highest BCUT2D eigenvalue weighted by molar-refractivity contribution is 6.42. The van der Waals surface area contributed by atoms with Gasteiger partial charge in [0.05, 0.1) is 32.1 Å². The zero-order valence-electron chi connectivity index (χ0n) is 17.0. The third-order valence-electron chi connectivity index (χ3n) is 4.72. The van der Waals surface area contributed by atoms with Crippen LogP contribution in [0, 0.1) is 10.1 Å². The minimum Gasteiger partial charge on any atom is -0.481 e. The van der Waals surface area contributed by atoms with E-state index in [1.807, 2.05) is 0 Å². The van der Waals surface area contributed by atoms with Crippen LogP contribution < -0.4 is 16.0 Å². The van der Waals surface area contributed by atoms with Gasteiger partial charge in [-0.15, -0.1) is 4.68 Å². The van der Waals surface area contributed by atoms with Gasteiger partial charge in [-0.2, -0.15) is 5.10 Å². The van der Waals surface area contributed by atoms with Crippen LogP contribution in [0.5, 0.6) is 5.75 Å². The molecule has 1 N–H and O–H groups in total. The number of benzene rings is 3. The number of rotatable bonds is 6. The molecule has 1 aromatic heterocycles. The molecule has 12 heteroatoms. The molecule has 0 radical (unpaired) electrons. The lowest BCUT2D eigenvalue weighted by atomic mass is 10.2. The maximum Gasteiger partial charge on any atom is 0.349 e. The van der Waals surface area contributed by atoms with Gasteiger partial charge in [-0.05, 0) is 35.9 Å². The molecule has 4 aromatic rings. The minimum atomic E-state index is -0.783. The van der Waals surface area contributed by atoms with Gasteiger partial charge in [-0.25, -0.2) is 4.79 Å². The fourth-order valence-corrected chi connectivity index (χ4v) is 3.69. The standard InChI is InChI=1S/C22H13Cl3N4O5/c23-14-8-13(10-26-28-21(30)15-3-1-2-4-18(15)27-22(28)31)20(19(9-14)29(32)33)34-11-12-5-6-16(24)17(25)7-12/h1-10H,11H2,(H,27,31). The van der Waals surface area contributed by atoms with Crippen molar-refractivity contribution in [3.63, 3.8) is 0 Å². The first-order valence-electron chi connectivity index (χ1n) is 9.57. The monoisotopic (exact) mass is 518 g/mol. The lowest BCUT2D eigenvalue weighted by Crippen LogP contribution is -2.32. The molecule has 0 amide bonds. The summed E-state index contributed by atoms with van der Waals surface area (Å²) >= 11 is 18.0. The molecule has 34 heavy (non-hydrogen) atoms. The predicted octanol–water partition coefficient (Wildman–Crippen LogP) is 5.02. The first-order chi connectivity index (χ1) is 16.2. The zero-order valence-corrected chi connectivity index (χ0v) is 19.3. The van der Waals surface area contributed by atoms with E-state index in [-0.39, 0.29) is 28.3 Å². The SMILES string of the molecule is O=c1[nH]c2ccccc2c(=O)n1N=Cc1cc(Cl)cc([N+](=O)[O-])c1OCc1ccc(Cl)c(Cl)c1. The first-order valence-corrected chi connectivity index (χ1v) is 10.7. The van der Waals surface area contributed by atoms with Crippen molar-refractivity contribution in [1.29, 1.82) is 0 Å². The van der Waals surface area contributed by atoms with Crippen molar-refractivity contribution in [3.8, 4) is 5.75 Å². The van der Waals surface area contributed by atoms with E-state index >= 15 is 0 Å². The van der Waals surface area contributed by atoms with Crippen LogP contribution in [0.4, 0.5) is 5.69 Å². The molecule has 0 aliphatic carbocycles. The molecule has 172 valence electrons. The summed E-state index contributed by atoms with van der Waals surface area (Å²) in [6, 6.07) is 13.7. The van der Waals surface area contributed by atoms with Crippen LogP contribution in [-0.2, 0) is 6.61 Å². The molecular weight excluding hydrogens is 507 g/mol. The van der Waals surface area contributed by atoms with E-state index in [9.17, 15) is 19.7 Å². The minimum absolute atomic E-state index is 0.0369. The normalized spacial score (nSPS) is 11.3. The average molecular weight is 520 g/mol. The second-order valence-corrected chi connectivity index (χ2v) is 8.23. The van der Waals surface area contributed by atoms with Crippen LogP contribution in [0.2, 0.25) is 15.1 Å². The van der Waals surface area contributed by atoms with Crippen molar-refractivity contribution in [1.82, 2.24) is 9.66 Å². The fourth-order valence-electron chi connectivity index (χ4n) is 3.15. The van der Waals surface area contributed by atoms with Crippen LogP contribution in [0.25, 0.3) is 10.9 Å². The van der Waals surface area contributed by atoms with E-state index in [0.717, 1.165) is 12.3 Å². The summed E-state index contributed by atoms with van der Waals surface area (Å²) in [6.07, 6.45) is 1.09. The number of aromatic amines is 1. The van der Waals surface area contributed by atoms with Gasteiger partial charge in [0.1, 0.15) is 6.61 Å². The van der Waals surface area contributed by atoms with Crippen molar-refractivity contribution in [2.45, 2.75) is 6.61 Å². The number of nitro groups is 1. The highest BCUT2D eigenvalue weighted by Crippen LogP contribution is 2.34. The first kappa shape index (κ1) is 23.5. The molecule has 0 bridgehead atoms. The Hall–Kier alpha value is -3.66. The van der Waals surface area contributed by atoms with Gasteiger partial charge >= 0.3 is 11.4 Å². The number of hydrogen-bond donors (Lipinski definition) is 1. The third kappa shape index (κ3) is 4.81. The van der Waals surface area contributed by atoms with Gasteiger partial charge in [0.2, 0.25) is 5.75 Å². The molecule has 1 heterocycles. The van der Waals surface area contributed by atoms with E-state index in [1.54, 1.807) is 36.4 Å². The number of nitrogens with one attached hydrogen (secondary N) is 1. The van der Waals surface area contributed by atoms with Crippen molar-refractivity contribution in [3.05, 3.63) is 112 Å². The summed E-state index contributed by atoms with van der Waals surface area (Å²) in [4.78, 5) is 38.6. The van der Waals surface area contributed by atoms with E-state index < -0.39 is 21.9 Å². The highest BCUT2D eigenvalue weighted by Gasteiger charge is 2.21. The van der Waals surface area contributed by atoms with Gasteiger partial charge in [-0.1, -0.05) is 53.0 Å². The fraction of sp³-hybridized carbons (Fsp3) is 0.0455. The summed E-state index contributed by atoms with van der Waals surface area (Å²) in [5.41, 5.74) is -0.829. The molecule has 9 nitrogen and oxygen atoms in total. The van der Waals surface area contributed by atoms with Gasteiger partial charge in [-0.3, -0.25) is 14.9 Å². The second kappa shape index (κ2) is 9.68. The lowest BCUT2D eigenvalue weighted by Gasteiger charge is -2.11. The quantitative estimate of drug-likeness (QED) is 0.218. The average Bonchev–Trinajstić information content (AvgIpc) is 2.80. The van der Waals surface area contributed by atoms with Crippen LogP contribution in [0.1, 0.15) is 11.1 Å². The molecule has 0 unspecified atom stereocenters. The van der Waals surface area contributed by atoms with Gasteiger partial charge < -0.3 is 9.72 Å². The van der Waals surface area contributed by atoms with E-state index in [2.05, 4.69) is 10.1 Å². The van der Waals surface area contributed by atoms with Crippen LogP contribution >= 0.6 is 34.8 Å². The van der Waals surface area contributed by atoms with Crippen LogP contribution in [-0.4, -0.2) is 20.8 Å². The van der Waals surface area contributed by atoms with Crippen molar-refractivity contribution >= 4 is 57.6 Å². The Morgan fingerprint density at radius 3 is 2.56 bits per heavy atom. The maximum absolute atomic E-state index is 12.7. The number of aromatic nitrogens is 2. The number of nitrogens with zero attached hydrogens (tertiary/aromatic N) is 3. The Bertz CT molecular complexity index is 1580. The zero-order chi connectivity index (χ0) is 24.4. The Morgan fingerprint density at radius 1 is 1.06 bits per heavy atom. The smallest absolute Gasteiger partial charge is 0.349 e. The van der Waals surface area contributed by atoms with Crippen LogP contribution in [0.3, 0.4) is 0 Å². The highest BCUT2D eigenvalue weighted by atomic mass is 35.5. The number of fused-ring (bicyclic) bond motifs is 1. The number of H-pyrrole nitrogens is 1. The Balaban J connectivity index is 1.77. The van der Waals surface area contributed by atoms with Crippen molar-refractivity contribution in [2.75, 3.05) is 0 Å². The Labute approximate surface area is 205 Å². The molecule has 0 saturated carbocycles. The summed E-state index contributed by atoms with van der Waals surface area (Å²) in [5.74, 6) is -0.158. The number of halogens is 3. The molecule has 0 aliphatic heterocycles. The van der Waals surface area contributed by atoms with Gasteiger partial charge in [0, 0.05) is 16.7 Å². The number of para-hydroxylation sites is 1. The van der Waals surface area contributed by atoms with Crippen LogP contribution in [0.15, 0.2) is 69.3 Å². The molecule has 0 saturated heterocycles. The van der Waals surface area contributed by atoms with E-state index in [4.69, 9.17) is 39.5 Å². The largest absolute Gasteiger partial charge is 0.481 e. The van der Waals surface area contributed by atoms with Gasteiger partial charge in [0.15, 0.2) is 0 Å².